The lowest BCUT2D eigenvalue weighted by Gasteiger charge is -2.35. The number of rotatable bonds is 7. The predicted octanol–water partition coefficient (Wildman–Crippen LogP) is 2.25. The zero-order chi connectivity index (χ0) is 28.3. The molecule has 3 amide bonds. The van der Waals surface area contributed by atoms with Crippen molar-refractivity contribution in [2.75, 3.05) is 36.5 Å². The fourth-order valence-corrected chi connectivity index (χ4v) is 4.16. The standard InChI is InChI=1S/C25H24F3N5O6/c1-15(34)39-11-3-8-33-20-7-6-18(32-10-9-31(24(37)38)14-21(32)35)13-19(20)29-23(33)30-22(36)16-4-2-5-17(12-16)25(26,27)28/h2,4-7,12-13H,3,8-11,14H2,1H3,(H,37,38)(H,29,30,36)/p-1. The topological polar surface area (TPSA) is 137 Å². The lowest BCUT2D eigenvalue weighted by molar-refractivity contribution is -0.265. The Labute approximate surface area is 219 Å². The van der Waals surface area contributed by atoms with Gasteiger partial charge in [0.25, 0.3) is 5.91 Å². The molecule has 0 atom stereocenters. The minimum atomic E-state index is -4.62. The number of nitrogens with zero attached hydrogens (tertiary/aromatic N) is 4. The molecule has 1 aliphatic rings. The van der Waals surface area contributed by atoms with Crippen LogP contribution in [-0.2, 0) is 27.0 Å². The van der Waals surface area contributed by atoms with Gasteiger partial charge in [-0.25, -0.2) is 4.98 Å². The second-order valence-electron chi connectivity index (χ2n) is 8.72. The molecule has 11 nitrogen and oxygen atoms in total. The number of hydrogen-bond donors (Lipinski definition) is 1. The van der Waals surface area contributed by atoms with Crippen LogP contribution in [-0.4, -0.2) is 64.6 Å². The van der Waals surface area contributed by atoms with Gasteiger partial charge in [0, 0.05) is 37.8 Å². The van der Waals surface area contributed by atoms with Crippen LogP contribution >= 0.6 is 0 Å². The molecule has 14 heteroatoms. The normalized spacial score (nSPS) is 14.0. The lowest BCUT2D eigenvalue weighted by atomic mass is 10.1. The molecule has 1 aliphatic heterocycles. The van der Waals surface area contributed by atoms with E-state index in [-0.39, 0.29) is 44.3 Å². The van der Waals surface area contributed by atoms with Crippen molar-refractivity contribution in [1.29, 1.82) is 0 Å². The van der Waals surface area contributed by atoms with Gasteiger partial charge in [-0.2, -0.15) is 13.2 Å². The van der Waals surface area contributed by atoms with E-state index in [0.29, 0.717) is 23.1 Å². The SMILES string of the molecule is CC(=O)OCCCn1c(NC(=O)c2cccc(C(F)(F)F)c2)nc2cc(N3CCN(C(=O)[O-])CC3=O)ccc21. The Morgan fingerprint density at radius 2 is 1.90 bits per heavy atom. The number of benzene rings is 2. The second-order valence-corrected chi connectivity index (χ2v) is 8.72. The number of fused-ring (bicyclic) bond motifs is 1. The molecule has 1 N–H and O–H groups in total. The molecule has 3 aromatic rings. The first-order valence-electron chi connectivity index (χ1n) is 11.8. The number of amides is 3. The largest absolute Gasteiger partial charge is 0.530 e. The van der Waals surface area contributed by atoms with Gasteiger partial charge in [0.15, 0.2) is 0 Å². The number of aryl methyl sites for hydroxylation is 1. The number of hydrogen-bond acceptors (Lipinski definition) is 7. The van der Waals surface area contributed by atoms with Crippen LogP contribution in [0.25, 0.3) is 11.0 Å². The first kappa shape index (κ1) is 27.4. The van der Waals surface area contributed by atoms with Crippen molar-refractivity contribution in [1.82, 2.24) is 14.5 Å². The molecule has 1 saturated heterocycles. The maximum Gasteiger partial charge on any atom is 0.416 e. The Balaban J connectivity index is 1.63. The first-order valence-corrected chi connectivity index (χ1v) is 11.8. The number of nitrogens with one attached hydrogen (secondary N) is 1. The molecule has 206 valence electrons. The number of ether oxygens (including phenoxy) is 1. The number of anilines is 2. The van der Waals surface area contributed by atoms with Crippen molar-refractivity contribution in [3.05, 3.63) is 53.6 Å². The van der Waals surface area contributed by atoms with E-state index in [4.69, 9.17) is 4.74 Å². The van der Waals surface area contributed by atoms with E-state index in [1.54, 1.807) is 22.8 Å². The summed E-state index contributed by atoms with van der Waals surface area (Å²) in [6.45, 7) is 1.40. The highest BCUT2D eigenvalue weighted by molar-refractivity contribution is 6.04. The molecule has 2 heterocycles. The molecular formula is C25H23F3N5O6-. The van der Waals surface area contributed by atoms with Crippen molar-refractivity contribution in [2.45, 2.75) is 26.1 Å². The van der Waals surface area contributed by atoms with E-state index >= 15 is 0 Å². The van der Waals surface area contributed by atoms with E-state index in [1.165, 1.54) is 17.9 Å². The van der Waals surface area contributed by atoms with Crippen molar-refractivity contribution in [2.24, 2.45) is 0 Å². The average Bonchev–Trinajstić information content (AvgIpc) is 3.21. The number of carbonyl (C=O) groups excluding carboxylic acids is 4. The van der Waals surface area contributed by atoms with Crippen LogP contribution in [0.3, 0.4) is 0 Å². The molecule has 1 fully saturated rings. The molecule has 0 saturated carbocycles. The van der Waals surface area contributed by atoms with E-state index in [0.717, 1.165) is 23.1 Å². The summed E-state index contributed by atoms with van der Waals surface area (Å²) in [5, 5.41) is 13.6. The Morgan fingerprint density at radius 3 is 2.56 bits per heavy atom. The minimum Gasteiger partial charge on any atom is -0.530 e. The van der Waals surface area contributed by atoms with Crippen molar-refractivity contribution in [3.63, 3.8) is 0 Å². The second kappa shape index (κ2) is 11.0. The number of imidazole rings is 1. The number of halogens is 3. The summed E-state index contributed by atoms with van der Waals surface area (Å²) in [5.41, 5.74) is 0.167. The first-order chi connectivity index (χ1) is 18.4. The van der Waals surface area contributed by atoms with Gasteiger partial charge in [-0.15, -0.1) is 0 Å². The number of alkyl halides is 3. The lowest BCUT2D eigenvalue weighted by Crippen LogP contribution is -2.55. The zero-order valence-corrected chi connectivity index (χ0v) is 20.7. The molecular weight excluding hydrogens is 523 g/mol. The van der Waals surface area contributed by atoms with E-state index in [1.807, 2.05) is 0 Å². The minimum absolute atomic E-state index is 0.0421. The zero-order valence-electron chi connectivity index (χ0n) is 20.7. The Morgan fingerprint density at radius 1 is 1.13 bits per heavy atom. The molecule has 4 rings (SSSR count). The van der Waals surface area contributed by atoms with Gasteiger partial charge in [-0.05, 0) is 42.8 Å². The summed E-state index contributed by atoms with van der Waals surface area (Å²) in [6.07, 6.45) is -5.71. The summed E-state index contributed by atoms with van der Waals surface area (Å²) in [7, 11) is 0. The van der Waals surface area contributed by atoms with Gasteiger partial charge < -0.3 is 29.0 Å². The average molecular weight is 546 g/mol. The van der Waals surface area contributed by atoms with E-state index in [2.05, 4.69) is 10.3 Å². The predicted molar refractivity (Wildman–Crippen MR) is 130 cm³/mol. The van der Waals surface area contributed by atoms with E-state index in [9.17, 15) is 37.5 Å². The van der Waals surface area contributed by atoms with Gasteiger partial charge in [0.2, 0.25) is 11.9 Å². The molecule has 0 spiro atoms. The molecule has 0 unspecified atom stereocenters. The van der Waals surface area contributed by atoms with Crippen LogP contribution < -0.4 is 15.3 Å². The Bertz CT molecular complexity index is 1440. The van der Waals surface area contributed by atoms with Gasteiger partial charge in [0.1, 0.15) is 6.09 Å². The summed E-state index contributed by atoms with van der Waals surface area (Å²) >= 11 is 0. The third-order valence-electron chi connectivity index (χ3n) is 6.03. The molecule has 39 heavy (non-hydrogen) atoms. The highest BCUT2D eigenvalue weighted by Crippen LogP contribution is 2.30. The van der Waals surface area contributed by atoms with Gasteiger partial charge in [-0.3, -0.25) is 19.7 Å². The van der Waals surface area contributed by atoms with Crippen molar-refractivity contribution in [3.8, 4) is 0 Å². The quantitative estimate of drug-likeness (QED) is 0.355. The number of carboxylic acid groups (broad SMARTS) is 1. The van der Waals surface area contributed by atoms with E-state index < -0.39 is 35.6 Å². The molecule has 1 aromatic heterocycles. The Hall–Kier alpha value is -4.62. The highest BCUT2D eigenvalue weighted by Gasteiger charge is 2.31. The summed E-state index contributed by atoms with van der Waals surface area (Å²) in [5.74, 6) is -1.69. The fourth-order valence-electron chi connectivity index (χ4n) is 4.16. The van der Waals surface area contributed by atoms with Crippen LogP contribution in [0.5, 0.6) is 0 Å². The smallest absolute Gasteiger partial charge is 0.416 e. The highest BCUT2D eigenvalue weighted by atomic mass is 19.4. The Kier molecular flexibility index (Phi) is 7.74. The van der Waals surface area contributed by atoms with Crippen LogP contribution in [0.15, 0.2) is 42.5 Å². The molecule has 0 aliphatic carbocycles. The summed E-state index contributed by atoms with van der Waals surface area (Å²) < 4.78 is 46.0. The third kappa shape index (κ3) is 6.27. The maximum atomic E-state index is 13.1. The van der Waals surface area contributed by atoms with Crippen molar-refractivity contribution >= 4 is 46.5 Å². The number of esters is 1. The van der Waals surface area contributed by atoms with Crippen LogP contribution in [0.2, 0.25) is 0 Å². The fraction of sp³-hybridized carbons (Fsp3) is 0.320. The number of carbonyl (C=O) groups is 4. The molecule has 2 aromatic carbocycles. The van der Waals surface area contributed by atoms with Crippen LogP contribution in [0.1, 0.15) is 29.3 Å². The molecule has 0 bridgehead atoms. The maximum absolute atomic E-state index is 13.1. The summed E-state index contributed by atoms with van der Waals surface area (Å²) in [6, 6.07) is 8.84. The number of aromatic nitrogens is 2. The monoisotopic (exact) mass is 546 g/mol. The molecule has 0 radical (unpaired) electrons. The van der Waals surface area contributed by atoms with Crippen molar-refractivity contribution < 1.29 is 42.2 Å². The van der Waals surface area contributed by atoms with Crippen LogP contribution in [0, 0.1) is 0 Å². The van der Waals surface area contributed by atoms with Crippen LogP contribution in [0.4, 0.5) is 29.6 Å². The third-order valence-corrected chi connectivity index (χ3v) is 6.03. The van der Waals surface area contributed by atoms with Gasteiger partial charge in [-0.1, -0.05) is 6.07 Å². The number of piperazine rings is 1. The van der Waals surface area contributed by atoms with Gasteiger partial charge >= 0.3 is 12.1 Å². The summed E-state index contributed by atoms with van der Waals surface area (Å²) in [4.78, 5) is 54.3. The van der Waals surface area contributed by atoms with Gasteiger partial charge in [0.05, 0.1) is 29.7 Å².